The quantitative estimate of drug-likeness (QED) is 0.868. The SMILES string of the molecule is CCc1ccc(CN2CCCCC(N)C2)cc1. The van der Waals surface area contributed by atoms with Gasteiger partial charge in [-0.25, -0.2) is 0 Å². The maximum atomic E-state index is 6.08. The second kappa shape index (κ2) is 6.18. The molecule has 1 fully saturated rings. The fraction of sp³-hybridized carbons (Fsp3) is 0.600. The molecule has 2 rings (SSSR count). The van der Waals surface area contributed by atoms with Crippen molar-refractivity contribution in [1.29, 1.82) is 0 Å². The minimum atomic E-state index is 0.368. The van der Waals surface area contributed by atoms with Crippen molar-refractivity contribution in [3.63, 3.8) is 0 Å². The molecule has 1 aliphatic heterocycles. The van der Waals surface area contributed by atoms with Crippen molar-refractivity contribution >= 4 is 0 Å². The molecule has 1 saturated heterocycles. The third-order valence-corrected chi connectivity index (χ3v) is 3.63. The Labute approximate surface area is 105 Å². The van der Waals surface area contributed by atoms with Crippen molar-refractivity contribution in [2.45, 2.75) is 45.2 Å². The number of aryl methyl sites for hydroxylation is 1. The molecule has 0 bridgehead atoms. The number of hydrogen-bond donors (Lipinski definition) is 1. The number of likely N-dealkylation sites (tertiary alicyclic amines) is 1. The third kappa shape index (κ3) is 3.83. The van der Waals surface area contributed by atoms with Crippen molar-refractivity contribution in [2.24, 2.45) is 5.73 Å². The van der Waals surface area contributed by atoms with Crippen LogP contribution in [0.15, 0.2) is 24.3 Å². The van der Waals surface area contributed by atoms with Gasteiger partial charge in [-0.1, -0.05) is 37.6 Å². The van der Waals surface area contributed by atoms with Crippen LogP contribution in [-0.2, 0) is 13.0 Å². The first kappa shape index (κ1) is 12.6. The molecular formula is C15H24N2. The summed E-state index contributed by atoms with van der Waals surface area (Å²) < 4.78 is 0. The Bertz CT molecular complexity index is 331. The minimum Gasteiger partial charge on any atom is -0.327 e. The van der Waals surface area contributed by atoms with Crippen molar-refractivity contribution in [3.8, 4) is 0 Å². The predicted octanol–water partition coefficient (Wildman–Crippen LogP) is 2.56. The average Bonchev–Trinajstić information content (AvgIpc) is 2.55. The molecule has 2 heteroatoms. The van der Waals surface area contributed by atoms with Gasteiger partial charge >= 0.3 is 0 Å². The minimum absolute atomic E-state index is 0.368. The Morgan fingerprint density at radius 1 is 1.18 bits per heavy atom. The topological polar surface area (TPSA) is 29.3 Å². The molecule has 1 unspecified atom stereocenters. The highest BCUT2D eigenvalue weighted by molar-refractivity contribution is 5.22. The van der Waals surface area contributed by atoms with E-state index < -0.39 is 0 Å². The van der Waals surface area contributed by atoms with Crippen LogP contribution in [0.25, 0.3) is 0 Å². The molecule has 0 spiro atoms. The largest absolute Gasteiger partial charge is 0.327 e. The van der Waals surface area contributed by atoms with E-state index in [-0.39, 0.29) is 0 Å². The molecule has 1 aromatic rings. The van der Waals surface area contributed by atoms with E-state index in [1.807, 2.05) is 0 Å². The van der Waals surface area contributed by atoms with E-state index >= 15 is 0 Å². The Balaban J connectivity index is 1.94. The summed E-state index contributed by atoms with van der Waals surface area (Å²) in [6, 6.07) is 9.37. The maximum absolute atomic E-state index is 6.08. The van der Waals surface area contributed by atoms with Gasteiger partial charge in [-0.2, -0.15) is 0 Å². The summed E-state index contributed by atoms with van der Waals surface area (Å²) in [5.41, 5.74) is 8.91. The first-order valence-corrected chi connectivity index (χ1v) is 6.83. The Kier molecular flexibility index (Phi) is 4.57. The van der Waals surface area contributed by atoms with Crippen molar-refractivity contribution in [3.05, 3.63) is 35.4 Å². The van der Waals surface area contributed by atoms with Crippen LogP contribution in [0.5, 0.6) is 0 Å². The van der Waals surface area contributed by atoms with Gasteiger partial charge in [-0.05, 0) is 36.9 Å². The van der Waals surface area contributed by atoms with Gasteiger partial charge in [0, 0.05) is 19.1 Å². The molecule has 2 N–H and O–H groups in total. The average molecular weight is 232 g/mol. The van der Waals surface area contributed by atoms with Gasteiger partial charge in [-0.3, -0.25) is 4.90 Å². The van der Waals surface area contributed by atoms with Crippen LogP contribution in [0, 0.1) is 0 Å². The van der Waals surface area contributed by atoms with E-state index in [2.05, 4.69) is 36.1 Å². The Morgan fingerprint density at radius 3 is 2.59 bits per heavy atom. The summed E-state index contributed by atoms with van der Waals surface area (Å²) in [5, 5.41) is 0. The van der Waals surface area contributed by atoms with Crippen LogP contribution in [0.2, 0.25) is 0 Å². The van der Waals surface area contributed by atoms with Gasteiger partial charge < -0.3 is 5.73 Å². The molecule has 0 aromatic heterocycles. The normalized spacial score (nSPS) is 22.4. The van der Waals surface area contributed by atoms with Crippen LogP contribution in [-0.4, -0.2) is 24.0 Å². The van der Waals surface area contributed by atoms with E-state index in [4.69, 9.17) is 5.73 Å². The molecule has 1 atom stereocenters. The zero-order valence-electron chi connectivity index (χ0n) is 10.9. The van der Waals surface area contributed by atoms with Crippen LogP contribution in [0.3, 0.4) is 0 Å². The fourth-order valence-electron chi connectivity index (χ4n) is 2.54. The summed E-state index contributed by atoms with van der Waals surface area (Å²) in [4.78, 5) is 2.50. The van der Waals surface area contributed by atoms with E-state index in [9.17, 15) is 0 Å². The van der Waals surface area contributed by atoms with Crippen LogP contribution in [0.1, 0.15) is 37.3 Å². The van der Waals surface area contributed by atoms with Gasteiger partial charge in [0.05, 0.1) is 0 Å². The van der Waals surface area contributed by atoms with Gasteiger partial charge in [0.2, 0.25) is 0 Å². The number of rotatable bonds is 3. The first-order valence-electron chi connectivity index (χ1n) is 6.83. The third-order valence-electron chi connectivity index (χ3n) is 3.63. The molecular weight excluding hydrogens is 208 g/mol. The van der Waals surface area contributed by atoms with E-state index in [1.165, 1.54) is 36.9 Å². The van der Waals surface area contributed by atoms with Crippen LogP contribution >= 0.6 is 0 Å². The van der Waals surface area contributed by atoms with E-state index in [0.717, 1.165) is 19.5 Å². The van der Waals surface area contributed by atoms with Gasteiger partial charge in [0.1, 0.15) is 0 Å². The highest BCUT2D eigenvalue weighted by atomic mass is 15.1. The highest BCUT2D eigenvalue weighted by Crippen LogP contribution is 2.13. The number of benzene rings is 1. The highest BCUT2D eigenvalue weighted by Gasteiger charge is 2.14. The Hall–Kier alpha value is -0.860. The van der Waals surface area contributed by atoms with E-state index in [0.29, 0.717) is 6.04 Å². The van der Waals surface area contributed by atoms with Gasteiger partial charge in [0.25, 0.3) is 0 Å². The molecule has 1 heterocycles. The van der Waals surface area contributed by atoms with Crippen molar-refractivity contribution < 1.29 is 0 Å². The van der Waals surface area contributed by atoms with Gasteiger partial charge in [0.15, 0.2) is 0 Å². The standard InChI is InChI=1S/C15H24N2/c1-2-13-6-8-14(9-7-13)11-17-10-4-3-5-15(16)12-17/h6-9,15H,2-5,10-12,16H2,1H3. The lowest BCUT2D eigenvalue weighted by atomic mass is 10.1. The Morgan fingerprint density at radius 2 is 1.88 bits per heavy atom. The predicted molar refractivity (Wildman–Crippen MR) is 72.9 cm³/mol. The summed E-state index contributed by atoms with van der Waals surface area (Å²) in [7, 11) is 0. The smallest absolute Gasteiger partial charge is 0.0234 e. The van der Waals surface area contributed by atoms with Gasteiger partial charge in [-0.15, -0.1) is 0 Å². The summed E-state index contributed by atoms with van der Waals surface area (Å²) in [5.74, 6) is 0. The van der Waals surface area contributed by atoms with Crippen molar-refractivity contribution in [2.75, 3.05) is 13.1 Å². The summed E-state index contributed by atoms with van der Waals surface area (Å²) in [6.07, 6.45) is 4.88. The fourth-order valence-corrected chi connectivity index (χ4v) is 2.54. The first-order chi connectivity index (χ1) is 8.28. The monoisotopic (exact) mass is 232 g/mol. The van der Waals surface area contributed by atoms with E-state index in [1.54, 1.807) is 0 Å². The van der Waals surface area contributed by atoms with Crippen LogP contribution in [0.4, 0.5) is 0 Å². The number of nitrogens with two attached hydrogens (primary N) is 1. The molecule has 17 heavy (non-hydrogen) atoms. The molecule has 0 amide bonds. The zero-order valence-corrected chi connectivity index (χ0v) is 10.9. The van der Waals surface area contributed by atoms with Crippen LogP contribution < -0.4 is 5.73 Å². The zero-order chi connectivity index (χ0) is 12.1. The lowest BCUT2D eigenvalue weighted by Crippen LogP contribution is -2.35. The lowest BCUT2D eigenvalue weighted by molar-refractivity contribution is 0.265. The maximum Gasteiger partial charge on any atom is 0.0234 e. The molecule has 94 valence electrons. The molecule has 1 aromatic carbocycles. The molecule has 0 saturated carbocycles. The number of hydrogen-bond acceptors (Lipinski definition) is 2. The molecule has 1 aliphatic rings. The second-order valence-electron chi connectivity index (χ2n) is 5.16. The summed E-state index contributed by atoms with van der Waals surface area (Å²) in [6.45, 7) is 5.50. The second-order valence-corrected chi connectivity index (χ2v) is 5.16. The molecule has 0 radical (unpaired) electrons. The molecule has 0 aliphatic carbocycles. The molecule has 2 nitrogen and oxygen atoms in total. The summed E-state index contributed by atoms with van der Waals surface area (Å²) >= 11 is 0. The van der Waals surface area contributed by atoms with Crippen molar-refractivity contribution in [1.82, 2.24) is 4.90 Å². The number of nitrogens with zero attached hydrogens (tertiary/aromatic N) is 1. The lowest BCUT2D eigenvalue weighted by Gasteiger charge is -2.22.